The molecule has 0 aromatic heterocycles. The van der Waals surface area contributed by atoms with Crippen molar-refractivity contribution in [1.29, 1.82) is 0 Å². The molecule has 1 aliphatic rings. The highest BCUT2D eigenvalue weighted by atomic mass is 35.5. The van der Waals surface area contributed by atoms with Crippen molar-refractivity contribution >= 4 is 34.9 Å². The minimum absolute atomic E-state index is 0.222. The summed E-state index contributed by atoms with van der Waals surface area (Å²) < 4.78 is 15.8. The van der Waals surface area contributed by atoms with Crippen LogP contribution in [0.25, 0.3) is 0 Å². The highest BCUT2D eigenvalue weighted by Crippen LogP contribution is 2.43. The van der Waals surface area contributed by atoms with Gasteiger partial charge in [0.1, 0.15) is 12.2 Å². The lowest BCUT2D eigenvalue weighted by Gasteiger charge is -2.32. The molecule has 28 heavy (non-hydrogen) atoms. The van der Waals surface area contributed by atoms with Gasteiger partial charge in [0, 0.05) is 5.69 Å². The van der Waals surface area contributed by atoms with E-state index in [-0.39, 0.29) is 16.6 Å². The third kappa shape index (κ3) is 4.07. The number of hydrogen-bond acceptors (Lipinski definition) is 6. The van der Waals surface area contributed by atoms with E-state index in [0.717, 1.165) is 11.4 Å². The molecule has 1 heterocycles. The lowest BCUT2D eigenvalue weighted by Crippen LogP contribution is -2.29. The minimum Gasteiger partial charge on any atom is -0.488 e. The molecule has 3 rings (SSSR count). The van der Waals surface area contributed by atoms with Crippen LogP contribution in [-0.4, -0.2) is 37.8 Å². The van der Waals surface area contributed by atoms with Crippen molar-refractivity contribution in [3.8, 4) is 5.75 Å². The molecule has 0 saturated heterocycles. The van der Waals surface area contributed by atoms with Crippen molar-refractivity contribution in [3.63, 3.8) is 0 Å². The number of anilines is 2. The number of rotatable bonds is 3. The molecular formula is C21H22ClNO5. The minimum atomic E-state index is -0.549. The molecule has 0 fully saturated rings. The fourth-order valence-electron chi connectivity index (χ4n) is 2.91. The van der Waals surface area contributed by atoms with E-state index in [9.17, 15) is 9.59 Å². The van der Waals surface area contributed by atoms with Gasteiger partial charge in [-0.2, -0.15) is 0 Å². The monoisotopic (exact) mass is 403 g/mol. The molecule has 2 aromatic rings. The molecule has 6 nitrogen and oxygen atoms in total. The van der Waals surface area contributed by atoms with Crippen LogP contribution in [0, 0.1) is 0 Å². The van der Waals surface area contributed by atoms with E-state index in [1.807, 2.05) is 37.8 Å². The van der Waals surface area contributed by atoms with Crippen LogP contribution in [0.4, 0.5) is 11.4 Å². The van der Waals surface area contributed by atoms with Gasteiger partial charge in [-0.05, 0) is 57.2 Å². The maximum atomic E-state index is 12.2. The second kappa shape index (κ2) is 7.72. The fraction of sp³-hybridized carbons (Fsp3) is 0.333. The van der Waals surface area contributed by atoms with E-state index in [1.165, 1.54) is 7.11 Å². The van der Waals surface area contributed by atoms with Gasteiger partial charge in [-0.1, -0.05) is 11.6 Å². The van der Waals surface area contributed by atoms with E-state index < -0.39 is 11.6 Å². The van der Waals surface area contributed by atoms with Crippen molar-refractivity contribution in [1.82, 2.24) is 0 Å². The molecule has 0 atom stereocenters. The summed E-state index contributed by atoms with van der Waals surface area (Å²) in [5.41, 5.74) is 1.80. The Hall–Kier alpha value is -2.73. The van der Waals surface area contributed by atoms with Gasteiger partial charge in [0.2, 0.25) is 0 Å². The summed E-state index contributed by atoms with van der Waals surface area (Å²) in [7, 11) is 1.30. The van der Waals surface area contributed by atoms with Crippen LogP contribution in [0.15, 0.2) is 36.4 Å². The Morgan fingerprint density at radius 2 is 1.75 bits per heavy atom. The number of esters is 2. The Labute approximate surface area is 168 Å². The topological polar surface area (TPSA) is 65.1 Å². The van der Waals surface area contributed by atoms with E-state index >= 15 is 0 Å². The predicted octanol–water partition coefficient (Wildman–Crippen LogP) is 4.61. The molecule has 1 aliphatic heterocycles. The van der Waals surface area contributed by atoms with Gasteiger partial charge in [-0.15, -0.1) is 0 Å². The predicted molar refractivity (Wildman–Crippen MR) is 107 cm³/mol. The third-order valence-electron chi connectivity index (χ3n) is 4.15. The van der Waals surface area contributed by atoms with Gasteiger partial charge in [-0.25, -0.2) is 9.59 Å². The Kier molecular flexibility index (Phi) is 5.52. The van der Waals surface area contributed by atoms with Gasteiger partial charge in [0.05, 0.1) is 35.5 Å². The average Bonchev–Trinajstić information content (AvgIpc) is 2.66. The zero-order valence-electron chi connectivity index (χ0n) is 16.2. The molecule has 0 N–H and O–H groups in total. The van der Waals surface area contributed by atoms with Gasteiger partial charge in [0.25, 0.3) is 0 Å². The van der Waals surface area contributed by atoms with Crippen LogP contribution >= 0.6 is 11.6 Å². The van der Waals surface area contributed by atoms with Gasteiger partial charge in [-0.3, -0.25) is 0 Å². The number of methoxy groups -OCH3 is 1. The van der Waals surface area contributed by atoms with E-state index in [1.54, 1.807) is 24.3 Å². The molecule has 0 amide bonds. The Morgan fingerprint density at radius 3 is 2.36 bits per heavy atom. The number of hydrogen-bond donors (Lipinski definition) is 0. The first-order chi connectivity index (χ1) is 13.2. The molecule has 0 saturated carbocycles. The number of halogens is 1. The van der Waals surface area contributed by atoms with Crippen molar-refractivity contribution in [2.75, 3.05) is 25.2 Å². The Morgan fingerprint density at radius 1 is 1.07 bits per heavy atom. The first kappa shape index (κ1) is 20.0. The lowest BCUT2D eigenvalue weighted by molar-refractivity contribution is 0.00693. The highest BCUT2D eigenvalue weighted by molar-refractivity contribution is 6.35. The zero-order valence-corrected chi connectivity index (χ0v) is 17.0. The Balaban J connectivity index is 1.89. The van der Waals surface area contributed by atoms with Crippen LogP contribution in [0.3, 0.4) is 0 Å². The number of fused-ring (bicyclic) bond motifs is 1. The van der Waals surface area contributed by atoms with Crippen molar-refractivity contribution in [2.45, 2.75) is 26.4 Å². The molecule has 148 valence electrons. The number of nitrogens with zero attached hydrogens (tertiary/aromatic N) is 1. The summed E-state index contributed by atoms with van der Waals surface area (Å²) in [5.74, 6) is -0.450. The van der Waals surface area contributed by atoms with Gasteiger partial charge >= 0.3 is 11.9 Å². The standard InChI is InChI=1S/C21H22ClNO5/c1-21(2,3)28-19(24)13-5-7-14(8-6-13)23-11-12-27-18-16(23)10-9-15(17(18)22)20(25)26-4/h5-10H,11-12H2,1-4H3. The molecule has 0 aliphatic carbocycles. The highest BCUT2D eigenvalue weighted by Gasteiger charge is 2.26. The molecule has 0 radical (unpaired) electrons. The smallest absolute Gasteiger partial charge is 0.339 e. The molecule has 0 bridgehead atoms. The SMILES string of the molecule is COC(=O)c1ccc2c(c1Cl)OCCN2c1ccc(C(=O)OC(C)(C)C)cc1. The second-order valence-electron chi connectivity index (χ2n) is 7.32. The number of carbonyl (C=O) groups excluding carboxylic acids is 2. The summed E-state index contributed by atoms with van der Waals surface area (Å²) in [6.45, 7) is 6.50. The quantitative estimate of drug-likeness (QED) is 0.697. The lowest BCUT2D eigenvalue weighted by atomic mass is 10.1. The maximum absolute atomic E-state index is 12.2. The van der Waals surface area contributed by atoms with Crippen molar-refractivity contribution < 1.29 is 23.8 Å². The molecule has 7 heteroatoms. The van der Waals surface area contributed by atoms with E-state index in [4.69, 9.17) is 25.8 Å². The average molecular weight is 404 g/mol. The zero-order chi connectivity index (χ0) is 20.5. The van der Waals surface area contributed by atoms with E-state index in [2.05, 4.69) is 0 Å². The maximum Gasteiger partial charge on any atom is 0.339 e. The first-order valence-corrected chi connectivity index (χ1v) is 9.23. The summed E-state index contributed by atoms with van der Waals surface area (Å²) in [6.07, 6.45) is 0. The number of benzene rings is 2. The molecule has 2 aromatic carbocycles. The normalized spacial score (nSPS) is 13.4. The molecule has 0 spiro atoms. The second-order valence-corrected chi connectivity index (χ2v) is 7.69. The fourth-order valence-corrected chi connectivity index (χ4v) is 3.20. The van der Waals surface area contributed by atoms with E-state index in [0.29, 0.717) is 24.5 Å². The van der Waals surface area contributed by atoms with Gasteiger partial charge < -0.3 is 19.1 Å². The van der Waals surface area contributed by atoms with Crippen LogP contribution in [0.2, 0.25) is 5.02 Å². The van der Waals surface area contributed by atoms with Crippen molar-refractivity contribution in [3.05, 3.63) is 52.5 Å². The van der Waals surface area contributed by atoms with Crippen LogP contribution in [0.1, 0.15) is 41.5 Å². The first-order valence-electron chi connectivity index (χ1n) is 8.86. The third-order valence-corrected chi connectivity index (χ3v) is 4.52. The van der Waals surface area contributed by atoms with Gasteiger partial charge in [0.15, 0.2) is 5.75 Å². The summed E-state index contributed by atoms with van der Waals surface area (Å²) >= 11 is 6.37. The van der Waals surface area contributed by atoms with Crippen LogP contribution < -0.4 is 9.64 Å². The molecule has 0 unspecified atom stereocenters. The van der Waals surface area contributed by atoms with Crippen molar-refractivity contribution in [2.24, 2.45) is 0 Å². The largest absolute Gasteiger partial charge is 0.488 e. The number of ether oxygens (including phenoxy) is 3. The Bertz CT molecular complexity index is 902. The number of carbonyl (C=O) groups is 2. The summed E-state index contributed by atoms with van der Waals surface area (Å²) in [4.78, 5) is 26.1. The summed E-state index contributed by atoms with van der Waals surface area (Å²) in [6, 6.07) is 10.5. The summed E-state index contributed by atoms with van der Waals surface area (Å²) in [5, 5.41) is 0.222. The van der Waals surface area contributed by atoms with Crippen LogP contribution in [0.5, 0.6) is 5.75 Å². The molecular weight excluding hydrogens is 382 g/mol. The van der Waals surface area contributed by atoms with Crippen LogP contribution in [-0.2, 0) is 9.47 Å².